The monoisotopic (exact) mass is 245 g/mol. The molecule has 3 nitrogen and oxygen atoms in total. The van der Waals surface area contributed by atoms with Crippen molar-refractivity contribution in [1.82, 2.24) is 5.32 Å². The second-order valence-electron chi connectivity index (χ2n) is 4.65. The average molecular weight is 245 g/mol. The standard InChI is InChI=1S/C15H19NO2/c17-14(12-7-3-1-4-8-12)11-16-15(18)13-9-5-2-6-10-13/h1-5,7-8,13-14,17H,6,9-11H2,(H,16,18)/t13-,14+/m0/s1. The van der Waals surface area contributed by atoms with E-state index >= 15 is 0 Å². The lowest BCUT2D eigenvalue weighted by Crippen LogP contribution is -2.34. The van der Waals surface area contributed by atoms with Crippen LogP contribution in [0, 0.1) is 5.92 Å². The Morgan fingerprint density at radius 1 is 1.33 bits per heavy atom. The van der Waals surface area contributed by atoms with Crippen molar-refractivity contribution in [3.63, 3.8) is 0 Å². The highest BCUT2D eigenvalue weighted by atomic mass is 16.3. The molecule has 0 saturated carbocycles. The lowest BCUT2D eigenvalue weighted by atomic mass is 9.93. The molecule has 1 aromatic carbocycles. The lowest BCUT2D eigenvalue weighted by Gasteiger charge is -2.19. The molecule has 0 aliphatic heterocycles. The van der Waals surface area contributed by atoms with Crippen LogP contribution in [0.15, 0.2) is 42.5 Å². The first-order valence-electron chi connectivity index (χ1n) is 6.43. The Kier molecular flexibility index (Phi) is 4.53. The molecule has 2 rings (SSSR count). The number of amides is 1. The highest BCUT2D eigenvalue weighted by Crippen LogP contribution is 2.18. The van der Waals surface area contributed by atoms with E-state index in [9.17, 15) is 9.90 Å². The van der Waals surface area contributed by atoms with Crippen molar-refractivity contribution in [3.8, 4) is 0 Å². The zero-order valence-corrected chi connectivity index (χ0v) is 10.4. The van der Waals surface area contributed by atoms with Gasteiger partial charge in [-0.05, 0) is 24.8 Å². The van der Waals surface area contributed by atoms with Crippen LogP contribution in [0.3, 0.4) is 0 Å². The van der Waals surface area contributed by atoms with E-state index in [1.165, 1.54) is 0 Å². The number of rotatable bonds is 4. The SMILES string of the molecule is O=C(NC[C@@H](O)c1ccccc1)[C@H]1CC=CCC1. The summed E-state index contributed by atoms with van der Waals surface area (Å²) in [6.45, 7) is 0.281. The predicted octanol–water partition coefficient (Wildman–Crippen LogP) is 2.19. The van der Waals surface area contributed by atoms with Gasteiger partial charge in [0, 0.05) is 12.5 Å². The maximum Gasteiger partial charge on any atom is 0.223 e. The second kappa shape index (κ2) is 6.36. The molecule has 1 aromatic rings. The first-order chi connectivity index (χ1) is 8.77. The summed E-state index contributed by atoms with van der Waals surface area (Å²) in [7, 11) is 0. The topological polar surface area (TPSA) is 49.3 Å². The third-order valence-electron chi connectivity index (χ3n) is 3.29. The van der Waals surface area contributed by atoms with Crippen LogP contribution < -0.4 is 5.32 Å². The van der Waals surface area contributed by atoms with Gasteiger partial charge in [-0.1, -0.05) is 42.5 Å². The molecule has 0 bridgehead atoms. The zero-order chi connectivity index (χ0) is 12.8. The number of benzene rings is 1. The first kappa shape index (κ1) is 12.8. The summed E-state index contributed by atoms with van der Waals surface area (Å²) in [5, 5.41) is 12.8. The van der Waals surface area contributed by atoms with Gasteiger partial charge in [0.1, 0.15) is 0 Å². The molecule has 0 heterocycles. The lowest BCUT2D eigenvalue weighted by molar-refractivity contribution is -0.125. The van der Waals surface area contributed by atoms with Crippen LogP contribution in [-0.2, 0) is 4.79 Å². The van der Waals surface area contributed by atoms with Gasteiger partial charge in [-0.25, -0.2) is 0 Å². The summed E-state index contributed by atoms with van der Waals surface area (Å²) in [5.41, 5.74) is 0.835. The Hall–Kier alpha value is -1.61. The summed E-state index contributed by atoms with van der Waals surface area (Å²) in [6, 6.07) is 9.39. The van der Waals surface area contributed by atoms with Gasteiger partial charge in [-0.15, -0.1) is 0 Å². The number of aliphatic hydroxyl groups excluding tert-OH is 1. The van der Waals surface area contributed by atoms with Crippen LogP contribution in [0.1, 0.15) is 30.9 Å². The maximum absolute atomic E-state index is 11.9. The molecule has 18 heavy (non-hydrogen) atoms. The van der Waals surface area contributed by atoms with Crippen LogP contribution in [0.4, 0.5) is 0 Å². The van der Waals surface area contributed by atoms with E-state index in [1.54, 1.807) is 0 Å². The van der Waals surface area contributed by atoms with Gasteiger partial charge in [-0.3, -0.25) is 4.79 Å². The molecule has 3 heteroatoms. The average Bonchev–Trinajstić information content (AvgIpc) is 2.46. The Morgan fingerprint density at radius 2 is 2.11 bits per heavy atom. The Balaban J connectivity index is 1.80. The van der Waals surface area contributed by atoms with Crippen molar-refractivity contribution in [2.75, 3.05) is 6.54 Å². The predicted molar refractivity (Wildman–Crippen MR) is 70.9 cm³/mol. The smallest absolute Gasteiger partial charge is 0.223 e. The molecule has 2 N–H and O–H groups in total. The van der Waals surface area contributed by atoms with Gasteiger partial charge in [-0.2, -0.15) is 0 Å². The van der Waals surface area contributed by atoms with Crippen molar-refractivity contribution >= 4 is 5.91 Å². The minimum Gasteiger partial charge on any atom is -0.387 e. The number of nitrogens with one attached hydrogen (secondary N) is 1. The molecule has 0 spiro atoms. The van der Waals surface area contributed by atoms with E-state index in [0.717, 1.165) is 24.8 Å². The third-order valence-corrected chi connectivity index (χ3v) is 3.29. The molecule has 0 fully saturated rings. The number of hydrogen-bond donors (Lipinski definition) is 2. The molecule has 1 aliphatic rings. The first-order valence-corrected chi connectivity index (χ1v) is 6.43. The van der Waals surface area contributed by atoms with Crippen LogP contribution in [0.5, 0.6) is 0 Å². The van der Waals surface area contributed by atoms with E-state index in [-0.39, 0.29) is 18.4 Å². The number of carbonyl (C=O) groups excluding carboxylic acids is 1. The largest absolute Gasteiger partial charge is 0.387 e. The van der Waals surface area contributed by atoms with Crippen LogP contribution >= 0.6 is 0 Å². The minimum atomic E-state index is -0.630. The molecule has 0 radical (unpaired) electrons. The Bertz CT molecular complexity index is 414. The summed E-state index contributed by atoms with van der Waals surface area (Å²) < 4.78 is 0. The number of hydrogen-bond acceptors (Lipinski definition) is 2. The van der Waals surface area contributed by atoms with E-state index < -0.39 is 6.10 Å². The quantitative estimate of drug-likeness (QED) is 0.799. The van der Waals surface area contributed by atoms with Crippen molar-refractivity contribution in [3.05, 3.63) is 48.0 Å². The van der Waals surface area contributed by atoms with E-state index in [4.69, 9.17) is 0 Å². The molecule has 1 amide bonds. The van der Waals surface area contributed by atoms with Gasteiger partial charge in [0.05, 0.1) is 6.10 Å². The van der Waals surface area contributed by atoms with Gasteiger partial charge < -0.3 is 10.4 Å². The van der Waals surface area contributed by atoms with Crippen molar-refractivity contribution < 1.29 is 9.90 Å². The summed E-state index contributed by atoms with van der Waals surface area (Å²) in [4.78, 5) is 11.9. The summed E-state index contributed by atoms with van der Waals surface area (Å²) >= 11 is 0. The van der Waals surface area contributed by atoms with E-state index in [0.29, 0.717) is 0 Å². The van der Waals surface area contributed by atoms with E-state index in [1.807, 2.05) is 30.3 Å². The van der Waals surface area contributed by atoms with Gasteiger partial charge in [0.15, 0.2) is 0 Å². The van der Waals surface area contributed by atoms with Crippen molar-refractivity contribution in [2.45, 2.75) is 25.4 Å². The van der Waals surface area contributed by atoms with Crippen LogP contribution in [0.2, 0.25) is 0 Å². The van der Waals surface area contributed by atoms with E-state index in [2.05, 4.69) is 17.5 Å². The molecule has 2 atom stereocenters. The molecule has 0 saturated heterocycles. The molecule has 96 valence electrons. The zero-order valence-electron chi connectivity index (χ0n) is 10.4. The highest BCUT2D eigenvalue weighted by Gasteiger charge is 2.19. The summed E-state index contributed by atoms with van der Waals surface area (Å²) in [5.74, 6) is 0.118. The molecular weight excluding hydrogens is 226 g/mol. The number of aliphatic hydroxyl groups is 1. The molecule has 0 unspecified atom stereocenters. The Labute approximate surface area is 108 Å². The summed E-state index contributed by atoms with van der Waals surface area (Å²) in [6.07, 6.45) is 6.23. The fourth-order valence-electron chi connectivity index (χ4n) is 2.17. The van der Waals surface area contributed by atoms with Crippen molar-refractivity contribution in [1.29, 1.82) is 0 Å². The molecule has 0 aromatic heterocycles. The molecular formula is C15H19NO2. The third kappa shape index (κ3) is 3.44. The minimum absolute atomic E-state index is 0.0503. The van der Waals surface area contributed by atoms with Crippen LogP contribution in [-0.4, -0.2) is 17.6 Å². The maximum atomic E-state index is 11.9. The van der Waals surface area contributed by atoms with Gasteiger partial charge in [0.25, 0.3) is 0 Å². The number of carbonyl (C=O) groups is 1. The fourth-order valence-corrected chi connectivity index (χ4v) is 2.17. The van der Waals surface area contributed by atoms with Crippen LogP contribution in [0.25, 0.3) is 0 Å². The number of allylic oxidation sites excluding steroid dienone is 2. The second-order valence-corrected chi connectivity index (χ2v) is 4.65. The normalized spacial score (nSPS) is 20.4. The molecule has 1 aliphatic carbocycles. The van der Waals surface area contributed by atoms with Crippen molar-refractivity contribution in [2.24, 2.45) is 5.92 Å². The van der Waals surface area contributed by atoms with Gasteiger partial charge >= 0.3 is 0 Å². The highest BCUT2D eigenvalue weighted by molar-refractivity contribution is 5.79. The Morgan fingerprint density at radius 3 is 2.78 bits per heavy atom. The van der Waals surface area contributed by atoms with Gasteiger partial charge in [0.2, 0.25) is 5.91 Å². The fraction of sp³-hybridized carbons (Fsp3) is 0.400.